The zero-order valence-electron chi connectivity index (χ0n) is 12.0. The number of aromatic nitrogens is 2. The average Bonchev–Trinajstić information content (AvgIpc) is 2.96. The number of carbonyl (C=O) groups is 1. The zero-order chi connectivity index (χ0) is 14.5. The van der Waals surface area contributed by atoms with Gasteiger partial charge in [0.05, 0.1) is 5.56 Å². The van der Waals surface area contributed by atoms with Crippen molar-refractivity contribution in [3.63, 3.8) is 0 Å². The number of hydrogen-bond acceptors (Lipinski definition) is 5. The van der Waals surface area contributed by atoms with Gasteiger partial charge < -0.3 is 0 Å². The van der Waals surface area contributed by atoms with E-state index in [1.54, 1.807) is 11.3 Å². The topological polar surface area (TPSA) is 54.9 Å². The van der Waals surface area contributed by atoms with Gasteiger partial charge >= 0.3 is 0 Å². The predicted molar refractivity (Wildman–Crippen MR) is 84.9 cm³/mol. The first-order valence-corrected chi connectivity index (χ1v) is 8.44. The third-order valence-corrected chi connectivity index (χ3v) is 4.83. The molecule has 0 saturated carbocycles. The number of nitrogens with zero attached hydrogens (tertiary/aromatic N) is 2. The summed E-state index contributed by atoms with van der Waals surface area (Å²) in [5.74, 6) is -0.0943. The van der Waals surface area contributed by atoms with Gasteiger partial charge in [-0.25, -0.2) is 0 Å². The number of thiophene rings is 1. The molecule has 0 aromatic carbocycles. The molecule has 2 rings (SSSR count). The molecule has 1 amide bonds. The number of unbranched alkanes of at least 4 members (excludes halogenated alkanes) is 2. The van der Waals surface area contributed by atoms with Gasteiger partial charge in [-0.3, -0.25) is 10.1 Å². The van der Waals surface area contributed by atoms with E-state index in [2.05, 4.69) is 22.4 Å². The van der Waals surface area contributed by atoms with Gasteiger partial charge in [-0.05, 0) is 26.3 Å². The quantitative estimate of drug-likeness (QED) is 0.814. The Balaban J connectivity index is 1.96. The van der Waals surface area contributed by atoms with Crippen LogP contribution in [0.2, 0.25) is 0 Å². The summed E-state index contributed by atoms with van der Waals surface area (Å²) < 4.78 is 0. The van der Waals surface area contributed by atoms with E-state index >= 15 is 0 Å². The van der Waals surface area contributed by atoms with Crippen molar-refractivity contribution in [1.29, 1.82) is 0 Å². The van der Waals surface area contributed by atoms with Gasteiger partial charge in [0.15, 0.2) is 0 Å². The third kappa shape index (κ3) is 3.86. The van der Waals surface area contributed by atoms with E-state index < -0.39 is 0 Å². The minimum Gasteiger partial charge on any atom is -0.296 e. The second-order valence-corrected chi connectivity index (χ2v) is 7.26. The van der Waals surface area contributed by atoms with Crippen LogP contribution in [0.15, 0.2) is 6.07 Å². The fourth-order valence-electron chi connectivity index (χ4n) is 1.95. The van der Waals surface area contributed by atoms with Crippen LogP contribution >= 0.6 is 22.7 Å². The first kappa shape index (κ1) is 15.1. The van der Waals surface area contributed by atoms with Crippen LogP contribution in [0.25, 0.3) is 0 Å². The largest absolute Gasteiger partial charge is 0.296 e. The second-order valence-electron chi connectivity index (χ2n) is 4.74. The van der Waals surface area contributed by atoms with Crippen molar-refractivity contribution in [2.75, 3.05) is 5.32 Å². The lowest BCUT2D eigenvalue weighted by molar-refractivity contribution is 0.102. The molecule has 1 N–H and O–H groups in total. The summed E-state index contributed by atoms with van der Waals surface area (Å²) in [6, 6.07) is 1.92. The number of nitrogens with one attached hydrogen (secondary N) is 1. The van der Waals surface area contributed by atoms with E-state index in [9.17, 15) is 4.79 Å². The Morgan fingerprint density at radius 1 is 1.25 bits per heavy atom. The predicted octanol–water partition coefficient (Wildman–Crippen LogP) is 4.20. The second kappa shape index (κ2) is 6.95. The molecule has 0 fully saturated rings. The van der Waals surface area contributed by atoms with Gasteiger partial charge in [0.25, 0.3) is 5.91 Å². The van der Waals surface area contributed by atoms with Crippen molar-refractivity contribution < 1.29 is 4.79 Å². The van der Waals surface area contributed by atoms with E-state index in [-0.39, 0.29) is 5.91 Å². The molecule has 0 radical (unpaired) electrons. The van der Waals surface area contributed by atoms with Crippen LogP contribution in [0.4, 0.5) is 5.13 Å². The highest BCUT2D eigenvalue weighted by Gasteiger charge is 2.14. The van der Waals surface area contributed by atoms with Gasteiger partial charge in [-0.2, -0.15) is 0 Å². The van der Waals surface area contributed by atoms with Crippen molar-refractivity contribution in [2.45, 2.75) is 46.5 Å². The molecular weight excluding hydrogens is 290 g/mol. The summed E-state index contributed by atoms with van der Waals surface area (Å²) in [6.45, 7) is 6.14. The Morgan fingerprint density at radius 2 is 2.05 bits per heavy atom. The van der Waals surface area contributed by atoms with Gasteiger partial charge in [0.1, 0.15) is 5.01 Å². The lowest BCUT2D eigenvalue weighted by Gasteiger charge is -1.99. The normalized spacial score (nSPS) is 10.8. The highest BCUT2D eigenvalue weighted by Crippen LogP contribution is 2.23. The molecule has 4 nitrogen and oxygen atoms in total. The Kier molecular flexibility index (Phi) is 5.25. The number of hydrogen-bond donors (Lipinski definition) is 1. The maximum absolute atomic E-state index is 12.2. The Labute approximate surface area is 127 Å². The Hall–Kier alpha value is -1.27. The molecule has 0 aliphatic heterocycles. The van der Waals surface area contributed by atoms with Crippen LogP contribution in [0.3, 0.4) is 0 Å². The van der Waals surface area contributed by atoms with E-state index in [1.165, 1.54) is 24.2 Å². The molecule has 0 aliphatic carbocycles. The lowest BCUT2D eigenvalue weighted by atomic mass is 10.2. The highest BCUT2D eigenvalue weighted by atomic mass is 32.1. The summed E-state index contributed by atoms with van der Waals surface area (Å²) in [4.78, 5) is 14.3. The summed E-state index contributed by atoms with van der Waals surface area (Å²) in [6.07, 6.45) is 4.47. The van der Waals surface area contributed by atoms with E-state index in [1.807, 2.05) is 19.9 Å². The molecule has 0 spiro atoms. The van der Waals surface area contributed by atoms with Gasteiger partial charge in [-0.15, -0.1) is 21.5 Å². The number of carbonyl (C=O) groups excluding carboxylic acids is 1. The first-order chi connectivity index (χ1) is 9.60. The molecular formula is C14H19N3OS2. The maximum Gasteiger partial charge on any atom is 0.258 e. The minimum absolute atomic E-state index is 0.0943. The molecule has 0 aliphatic rings. The molecule has 0 atom stereocenters. The summed E-state index contributed by atoms with van der Waals surface area (Å²) in [5, 5.41) is 12.6. The molecule has 2 heterocycles. The zero-order valence-corrected chi connectivity index (χ0v) is 13.7. The van der Waals surface area contributed by atoms with Gasteiger partial charge in [0, 0.05) is 16.2 Å². The van der Waals surface area contributed by atoms with Crippen molar-refractivity contribution in [1.82, 2.24) is 10.2 Å². The molecule has 108 valence electrons. The number of anilines is 1. The molecule has 2 aromatic heterocycles. The van der Waals surface area contributed by atoms with Crippen LogP contribution in [-0.4, -0.2) is 16.1 Å². The summed E-state index contributed by atoms with van der Waals surface area (Å²) >= 11 is 3.10. The van der Waals surface area contributed by atoms with Crippen molar-refractivity contribution in [2.24, 2.45) is 0 Å². The SMILES string of the molecule is CCCCCc1nnc(NC(=O)c2cc(C)sc2C)s1. The van der Waals surface area contributed by atoms with Crippen LogP contribution in [-0.2, 0) is 6.42 Å². The monoisotopic (exact) mass is 309 g/mol. The smallest absolute Gasteiger partial charge is 0.258 e. The van der Waals surface area contributed by atoms with Gasteiger partial charge in [0.2, 0.25) is 5.13 Å². The Morgan fingerprint density at radius 3 is 2.70 bits per heavy atom. The molecule has 0 unspecified atom stereocenters. The minimum atomic E-state index is -0.0943. The number of rotatable bonds is 6. The van der Waals surface area contributed by atoms with Gasteiger partial charge in [-0.1, -0.05) is 31.1 Å². The fraction of sp³-hybridized carbons (Fsp3) is 0.500. The molecule has 6 heteroatoms. The molecule has 20 heavy (non-hydrogen) atoms. The van der Waals surface area contributed by atoms with Crippen LogP contribution < -0.4 is 5.32 Å². The van der Waals surface area contributed by atoms with Crippen LogP contribution in [0.5, 0.6) is 0 Å². The van der Waals surface area contributed by atoms with Crippen molar-refractivity contribution in [3.05, 3.63) is 26.4 Å². The molecule has 0 bridgehead atoms. The van der Waals surface area contributed by atoms with Crippen LogP contribution in [0.1, 0.15) is 51.3 Å². The molecule has 2 aromatic rings. The summed E-state index contributed by atoms with van der Waals surface area (Å²) in [7, 11) is 0. The fourth-order valence-corrected chi connectivity index (χ4v) is 3.65. The first-order valence-electron chi connectivity index (χ1n) is 6.81. The Bertz CT molecular complexity index is 589. The highest BCUT2D eigenvalue weighted by molar-refractivity contribution is 7.15. The van der Waals surface area contributed by atoms with Crippen LogP contribution in [0, 0.1) is 13.8 Å². The standard InChI is InChI=1S/C14H19N3OS2/c1-4-5-6-7-12-16-17-14(20-12)15-13(18)11-8-9(2)19-10(11)3/h8H,4-7H2,1-3H3,(H,15,17,18). The third-order valence-electron chi connectivity index (χ3n) is 2.97. The molecule has 0 saturated heterocycles. The maximum atomic E-state index is 12.2. The van der Waals surface area contributed by atoms with Crippen molar-refractivity contribution >= 4 is 33.7 Å². The lowest BCUT2D eigenvalue weighted by Crippen LogP contribution is -2.11. The summed E-state index contributed by atoms with van der Waals surface area (Å²) in [5.41, 5.74) is 0.732. The van der Waals surface area contributed by atoms with Crippen molar-refractivity contribution in [3.8, 4) is 0 Å². The number of aryl methyl sites for hydroxylation is 3. The van der Waals surface area contributed by atoms with E-state index in [4.69, 9.17) is 0 Å². The van der Waals surface area contributed by atoms with E-state index in [0.29, 0.717) is 5.13 Å². The number of amides is 1. The average molecular weight is 309 g/mol. The van der Waals surface area contributed by atoms with E-state index in [0.717, 1.165) is 33.2 Å².